The molecular weight excluding hydrogens is 314 g/mol. The molecule has 128 valence electrons. The van der Waals surface area contributed by atoms with Crippen molar-refractivity contribution in [2.24, 2.45) is 16.6 Å². The molecule has 1 aromatic carbocycles. The molecule has 0 saturated carbocycles. The molecule has 0 unspecified atom stereocenters. The van der Waals surface area contributed by atoms with Crippen molar-refractivity contribution < 1.29 is 13.2 Å². The summed E-state index contributed by atoms with van der Waals surface area (Å²) in [5.41, 5.74) is 7.05. The van der Waals surface area contributed by atoms with Crippen molar-refractivity contribution in [3.8, 4) is 5.75 Å². The Labute approximate surface area is 138 Å². The zero-order valence-electron chi connectivity index (χ0n) is 13.5. The number of sulfone groups is 1. The maximum Gasteiger partial charge on any atom is 0.188 e. The molecule has 0 aliphatic carbocycles. The van der Waals surface area contributed by atoms with E-state index in [-0.39, 0.29) is 11.5 Å². The van der Waals surface area contributed by atoms with E-state index in [4.69, 9.17) is 10.5 Å². The molecule has 1 saturated heterocycles. The number of benzene rings is 1. The van der Waals surface area contributed by atoms with E-state index < -0.39 is 9.84 Å². The Morgan fingerprint density at radius 1 is 1.30 bits per heavy atom. The molecule has 6 nitrogen and oxygen atoms in total. The summed E-state index contributed by atoms with van der Waals surface area (Å²) in [6.45, 7) is 1.30. The minimum atomic E-state index is -2.81. The minimum absolute atomic E-state index is 0.276. The lowest BCUT2D eigenvalue weighted by molar-refractivity contribution is 0.414. The van der Waals surface area contributed by atoms with Crippen molar-refractivity contribution in [3.05, 3.63) is 29.8 Å². The maximum atomic E-state index is 11.4. The van der Waals surface area contributed by atoms with Gasteiger partial charge in [0.2, 0.25) is 0 Å². The van der Waals surface area contributed by atoms with Gasteiger partial charge in [-0.15, -0.1) is 0 Å². The molecule has 2 rings (SSSR count). The van der Waals surface area contributed by atoms with Crippen molar-refractivity contribution in [2.75, 3.05) is 31.7 Å². The monoisotopic (exact) mass is 339 g/mol. The number of aliphatic imine (C=N–C) groups is 1. The summed E-state index contributed by atoms with van der Waals surface area (Å²) in [5.74, 6) is 2.14. The van der Waals surface area contributed by atoms with Gasteiger partial charge in [0, 0.05) is 13.1 Å². The van der Waals surface area contributed by atoms with Crippen LogP contribution in [0.5, 0.6) is 5.75 Å². The van der Waals surface area contributed by atoms with E-state index in [0.29, 0.717) is 37.8 Å². The summed E-state index contributed by atoms with van der Waals surface area (Å²) < 4.78 is 27.9. The first-order valence-corrected chi connectivity index (χ1v) is 9.68. The van der Waals surface area contributed by atoms with Crippen LogP contribution in [0.1, 0.15) is 18.4 Å². The largest absolute Gasteiger partial charge is 0.497 e. The van der Waals surface area contributed by atoms with E-state index >= 15 is 0 Å². The third kappa shape index (κ3) is 6.09. The van der Waals surface area contributed by atoms with Crippen LogP contribution in [0, 0.1) is 5.92 Å². The van der Waals surface area contributed by atoms with Gasteiger partial charge in [0.05, 0.1) is 18.6 Å². The van der Waals surface area contributed by atoms with Crippen LogP contribution < -0.4 is 15.8 Å². The van der Waals surface area contributed by atoms with Gasteiger partial charge in [0.25, 0.3) is 0 Å². The zero-order valence-corrected chi connectivity index (χ0v) is 14.3. The molecule has 0 atom stereocenters. The SMILES string of the molecule is COc1ccc(CCNC(N)=NCC2CCS(=O)(=O)CC2)cc1. The summed E-state index contributed by atoms with van der Waals surface area (Å²) in [6.07, 6.45) is 2.22. The van der Waals surface area contributed by atoms with Gasteiger partial charge in [-0.1, -0.05) is 12.1 Å². The van der Waals surface area contributed by atoms with E-state index in [9.17, 15) is 8.42 Å². The Bertz CT molecular complexity index is 612. The summed E-state index contributed by atoms with van der Waals surface area (Å²) in [5, 5.41) is 3.09. The molecule has 0 radical (unpaired) electrons. The third-order valence-corrected chi connectivity index (χ3v) is 5.79. The molecule has 0 aromatic heterocycles. The van der Waals surface area contributed by atoms with Gasteiger partial charge in [0.15, 0.2) is 5.96 Å². The quantitative estimate of drug-likeness (QED) is 0.595. The average Bonchev–Trinajstić information content (AvgIpc) is 2.54. The highest BCUT2D eigenvalue weighted by Crippen LogP contribution is 2.18. The lowest BCUT2D eigenvalue weighted by Crippen LogP contribution is -2.34. The van der Waals surface area contributed by atoms with E-state index in [1.807, 2.05) is 24.3 Å². The number of nitrogens with two attached hydrogens (primary N) is 1. The Morgan fingerprint density at radius 3 is 2.57 bits per heavy atom. The second-order valence-electron chi connectivity index (χ2n) is 5.85. The molecule has 1 aliphatic heterocycles. The number of ether oxygens (including phenoxy) is 1. The number of guanidine groups is 1. The molecule has 0 amide bonds. The molecule has 0 spiro atoms. The third-order valence-electron chi connectivity index (χ3n) is 4.07. The molecule has 1 fully saturated rings. The van der Waals surface area contributed by atoms with E-state index in [2.05, 4.69) is 10.3 Å². The van der Waals surface area contributed by atoms with Gasteiger partial charge in [-0.3, -0.25) is 4.99 Å². The van der Waals surface area contributed by atoms with Crippen LogP contribution in [-0.4, -0.2) is 46.1 Å². The average molecular weight is 339 g/mol. The molecule has 1 heterocycles. The summed E-state index contributed by atoms with van der Waals surface area (Å²) >= 11 is 0. The maximum absolute atomic E-state index is 11.4. The number of methoxy groups -OCH3 is 1. The normalized spacial score (nSPS) is 18.6. The van der Waals surface area contributed by atoms with Crippen LogP contribution in [-0.2, 0) is 16.3 Å². The lowest BCUT2D eigenvalue weighted by atomic mass is 10.0. The van der Waals surface area contributed by atoms with Crippen molar-refractivity contribution in [1.29, 1.82) is 0 Å². The molecule has 23 heavy (non-hydrogen) atoms. The van der Waals surface area contributed by atoms with E-state index in [0.717, 1.165) is 12.2 Å². The Balaban J connectivity index is 1.68. The fourth-order valence-electron chi connectivity index (χ4n) is 2.53. The van der Waals surface area contributed by atoms with E-state index in [1.54, 1.807) is 7.11 Å². The molecule has 3 N–H and O–H groups in total. The number of nitrogens with zero attached hydrogens (tertiary/aromatic N) is 1. The fraction of sp³-hybridized carbons (Fsp3) is 0.562. The van der Waals surface area contributed by atoms with Gasteiger partial charge in [-0.25, -0.2) is 8.42 Å². The highest BCUT2D eigenvalue weighted by molar-refractivity contribution is 7.91. The fourth-order valence-corrected chi connectivity index (χ4v) is 4.12. The zero-order chi connectivity index (χ0) is 16.7. The Morgan fingerprint density at radius 2 is 1.96 bits per heavy atom. The first kappa shape index (κ1) is 17.6. The van der Waals surface area contributed by atoms with Crippen molar-refractivity contribution in [3.63, 3.8) is 0 Å². The van der Waals surface area contributed by atoms with Gasteiger partial charge in [-0.05, 0) is 42.9 Å². The topological polar surface area (TPSA) is 93.8 Å². The number of nitrogens with one attached hydrogen (secondary N) is 1. The smallest absolute Gasteiger partial charge is 0.188 e. The first-order valence-electron chi connectivity index (χ1n) is 7.85. The predicted octanol–water partition coefficient (Wildman–Crippen LogP) is 0.967. The van der Waals surface area contributed by atoms with Crippen LogP contribution in [0.4, 0.5) is 0 Å². The Kier molecular flexibility index (Phi) is 6.27. The first-order chi connectivity index (χ1) is 11.0. The number of rotatable bonds is 6. The second kappa shape index (κ2) is 8.19. The van der Waals surface area contributed by atoms with Gasteiger partial charge >= 0.3 is 0 Å². The molecule has 0 bridgehead atoms. The van der Waals surface area contributed by atoms with Crippen LogP contribution >= 0.6 is 0 Å². The highest BCUT2D eigenvalue weighted by atomic mass is 32.2. The minimum Gasteiger partial charge on any atom is -0.497 e. The summed E-state index contributed by atoms with van der Waals surface area (Å²) in [7, 11) is -1.16. The summed E-state index contributed by atoms with van der Waals surface area (Å²) in [4.78, 5) is 4.32. The van der Waals surface area contributed by atoms with Gasteiger partial charge in [0.1, 0.15) is 15.6 Å². The molecule has 1 aromatic rings. The molecule has 7 heteroatoms. The summed E-state index contributed by atoms with van der Waals surface area (Å²) in [6, 6.07) is 7.92. The Hall–Kier alpha value is -1.76. The van der Waals surface area contributed by atoms with Crippen molar-refractivity contribution in [2.45, 2.75) is 19.3 Å². The van der Waals surface area contributed by atoms with Crippen LogP contribution in [0.3, 0.4) is 0 Å². The lowest BCUT2D eigenvalue weighted by Gasteiger charge is -2.20. The van der Waals surface area contributed by atoms with Crippen LogP contribution in [0.25, 0.3) is 0 Å². The highest BCUT2D eigenvalue weighted by Gasteiger charge is 2.23. The van der Waals surface area contributed by atoms with Crippen LogP contribution in [0.15, 0.2) is 29.3 Å². The van der Waals surface area contributed by atoms with E-state index in [1.165, 1.54) is 5.56 Å². The standard InChI is InChI=1S/C16H25N3O3S/c1-22-15-4-2-13(3-5-15)6-9-18-16(17)19-12-14-7-10-23(20,21)11-8-14/h2-5,14H,6-12H2,1H3,(H3,17,18,19). The van der Waals surface area contributed by atoms with Gasteiger partial charge < -0.3 is 15.8 Å². The number of hydrogen-bond donors (Lipinski definition) is 2. The second-order valence-corrected chi connectivity index (χ2v) is 8.15. The van der Waals surface area contributed by atoms with Crippen LogP contribution in [0.2, 0.25) is 0 Å². The van der Waals surface area contributed by atoms with Gasteiger partial charge in [-0.2, -0.15) is 0 Å². The molecular formula is C16H25N3O3S. The number of hydrogen-bond acceptors (Lipinski definition) is 4. The van der Waals surface area contributed by atoms with Crippen molar-refractivity contribution >= 4 is 15.8 Å². The molecule has 1 aliphatic rings. The van der Waals surface area contributed by atoms with Crippen molar-refractivity contribution in [1.82, 2.24) is 5.32 Å². The predicted molar refractivity (Wildman–Crippen MR) is 92.6 cm³/mol.